The largest absolute Gasteiger partial charge is 0.480 e. The van der Waals surface area contributed by atoms with Crippen LogP contribution in [-0.4, -0.2) is 71.0 Å². The third-order valence-electron chi connectivity index (χ3n) is 4.58. The first-order valence-electron chi connectivity index (χ1n) is 8.54. The third kappa shape index (κ3) is 6.08. The number of anilines is 1. The molecule has 1 fully saturated rings. The van der Waals surface area contributed by atoms with Crippen molar-refractivity contribution >= 4 is 23.3 Å². The van der Waals surface area contributed by atoms with Gasteiger partial charge < -0.3 is 15.3 Å². The van der Waals surface area contributed by atoms with Crippen LogP contribution >= 0.6 is 0 Å². The maximum Gasteiger partial charge on any atom is 0.317 e. The number of hydrogen-bond acceptors (Lipinski definition) is 6. The number of piperidine rings is 1. The van der Waals surface area contributed by atoms with Crippen molar-refractivity contribution in [2.24, 2.45) is 0 Å². The molecule has 1 amide bonds. The first kappa shape index (κ1) is 19.8. The van der Waals surface area contributed by atoms with Gasteiger partial charge in [0.05, 0.1) is 11.5 Å². The lowest BCUT2D eigenvalue weighted by molar-refractivity contribution is -0.384. The molecule has 1 aliphatic rings. The number of carboxylic acid groups (broad SMARTS) is 1. The minimum Gasteiger partial charge on any atom is -0.480 e. The molecule has 0 aliphatic carbocycles. The lowest BCUT2D eigenvalue weighted by Crippen LogP contribution is -2.45. The molecule has 0 aromatic heterocycles. The van der Waals surface area contributed by atoms with E-state index < -0.39 is 10.9 Å². The van der Waals surface area contributed by atoms with Gasteiger partial charge in [-0.15, -0.1) is 0 Å². The lowest BCUT2D eigenvalue weighted by atomic mass is 10.0. The van der Waals surface area contributed by atoms with Gasteiger partial charge >= 0.3 is 5.97 Å². The van der Waals surface area contributed by atoms with E-state index in [4.69, 9.17) is 5.11 Å². The number of amides is 1. The predicted molar refractivity (Wildman–Crippen MR) is 96.1 cm³/mol. The van der Waals surface area contributed by atoms with E-state index >= 15 is 0 Å². The van der Waals surface area contributed by atoms with E-state index in [1.54, 1.807) is 0 Å². The molecule has 1 heterocycles. The summed E-state index contributed by atoms with van der Waals surface area (Å²) in [5.74, 6) is -0.957. The van der Waals surface area contributed by atoms with Crippen LogP contribution in [0, 0.1) is 10.1 Å². The van der Waals surface area contributed by atoms with Gasteiger partial charge in [-0.1, -0.05) is 0 Å². The Morgan fingerprint density at radius 1 is 1.31 bits per heavy atom. The van der Waals surface area contributed by atoms with Crippen molar-refractivity contribution in [2.75, 3.05) is 38.5 Å². The second kappa shape index (κ2) is 9.25. The number of aliphatic carboxylic acids is 1. The SMILES string of the molecule is CN(CC(=O)O)C1CCN(CCC(=O)Nc2ccc([N+](=O)[O-])cc2)CC1. The predicted octanol–water partition coefficient (Wildman–Crippen LogP) is 1.40. The van der Waals surface area contributed by atoms with Gasteiger partial charge in [0.25, 0.3) is 5.69 Å². The lowest BCUT2D eigenvalue weighted by Gasteiger charge is -2.36. The summed E-state index contributed by atoms with van der Waals surface area (Å²) in [5, 5.41) is 22.2. The number of nitrogens with zero attached hydrogens (tertiary/aromatic N) is 3. The number of nitro benzene ring substituents is 1. The van der Waals surface area contributed by atoms with E-state index in [9.17, 15) is 19.7 Å². The average Bonchev–Trinajstić information content (AvgIpc) is 2.60. The number of likely N-dealkylation sites (N-methyl/N-ethyl adjacent to an activating group) is 1. The Bertz CT molecular complexity index is 641. The van der Waals surface area contributed by atoms with Crippen LogP contribution in [0.2, 0.25) is 0 Å². The Hall–Kier alpha value is -2.52. The van der Waals surface area contributed by atoms with Gasteiger partial charge in [-0.3, -0.25) is 24.6 Å². The Morgan fingerprint density at radius 3 is 2.46 bits per heavy atom. The van der Waals surface area contributed by atoms with Crippen LogP contribution in [0.3, 0.4) is 0 Å². The summed E-state index contributed by atoms with van der Waals surface area (Å²) in [4.78, 5) is 37.0. The molecular weight excluding hydrogens is 340 g/mol. The normalized spacial score (nSPS) is 15.8. The highest BCUT2D eigenvalue weighted by molar-refractivity contribution is 5.90. The van der Waals surface area contributed by atoms with Crippen molar-refractivity contribution in [3.8, 4) is 0 Å². The molecule has 0 saturated carbocycles. The van der Waals surface area contributed by atoms with Gasteiger partial charge in [0.2, 0.25) is 5.91 Å². The van der Waals surface area contributed by atoms with Gasteiger partial charge in [0, 0.05) is 36.8 Å². The van der Waals surface area contributed by atoms with Crippen molar-refractivity contribution in [1.82, 2.24) is 9.80 Å². The minimum atomic E-state index is -0.821. The van der Waals surface area contributed by atoms with Crippen LogP contribution < -0.4 is 5.32 Å². The first-order chi connectivity index (χ1) is 12.3. The summed E-state index contributed by atoms with van der Waals surface area (Å²) in [7, 11) is 1.83. The molecule has 1 saturated heterocycles. The Labute approximate surface area is 151 Å². The summed E-state index contributed by atoms with van der Waals surface area (Å²) < 4.78 is 0. The number of hydrogen-bond donors (Lipinski definition) is 2. The molecule has 0 unspecified atom stereocenters. The maximum absolute atomic E-state index is 12.0. The fourth-order valence-electron chi connectivity index (χ4n) is 3.08. The fourth-order valence-corrected chi connectivity index (χ4v) is 3.08. The molecule has 9 heteroatoms. The zero-order chi connectivity index (χ0) is 19.1. The molecule has 0 bridgehead atoms. The van der Waals surface area contributed by atoms with Gasteiger partial charge in [0.15, 0.2) is 0 Å². The highest BCUT2D eigenvalue weighted by atomic mass is 16.6. The smallest absolute Gasteiger partial charge is 0.317 e. The molecule has 142 valence electrons. The van der Waals surface area contributed by atoms with Crippen LogP contribution in [0.5, 0.6) is 0 Å². The number of likely N-dealkylation sites (tertiary alicyclic amines) is 1. The van der Waals surface area contributed by atoms with Crippen LogP contribution in [0.15, 0.2) is 24.3 Å². The van der Waals surface area contributed by atoms with Crippen LogP contribution in [-0.2, 0) is 9.59 Å². The fraction of sp³-hybridized carbons (Fsp3) is 0.529. The zero-order valence-electron chi connectivity index (χ0n) is 14.8. The van der Waals surface area contributed by atoms with E-state index in [1.165, 1.54) is 24.3 Å². The van der Waals surface area contributed by atoms with E-state index in [1.807, 2.05) is 11.9 Å². The number of carbonyl (C=O) groups is 2. The highest BCUT2D eigenvalue weighted by Gasteiger charge is 2.23. The number of nitro groups is 1. The molecular formula is C17H24N4O5. The minimum absolute atomic E-state index is 0.0151. The number of carboxylic acids is 1. The van der Waals surface area contributed by atoms with E-state index in [0.717, 1.165) is 25.9 Å². The molecule has 2 rings (SSSR count). The molecule has 9 nitrogen and oxygen atoms in total. The molecule has 0 radical (unpaired) electrons. The van der Waals surface area contributed by atoms with Crippen molar-refractivity contribution < 1.29 is 19.6 Å². The molecule has 1 aromatic rings. The highest BCUT2D eigenvalue weighted by Crippen LogP contribution is 2.17. The summed E-state index contributed by atoms with van der Waals surface area (Å²) >= 11 is 0. The second-order valence-corrected chi connectivity index (χ2v) is 6.48. The quantitative estimate of drug-likeness (QED) is 0.529. The van der Waals surface area contributed by atoms with Gasteiger partial charge in [-0.2, -0.15) is 0 Å². The van der Waals surface area contributed by atoms with Crippen LogP contribution in [0.4, 0.5) is 11.4 Å². The summed E-state index contributed by atoms with van der Waals surface area (Å²) in [6, 6.07) is 6.00. The zero-order valence-corrected chi connectivity index (χ0v) is 14.8. The van der Waals surface area contributed by atoms with Gasteiger partial charge in [-0.05, 0) is 45.1 Å². The molecule has 2 N–H and O–H groups in total. The molecule has 26 heavy (non-hydrogen) atoms. The average molecular weight is 364 g/mol. The number of carbonyl (C=O) groups excluding carboxylic acids is 1. The maximum atomic E-state index is 12.0. The van der Waals surface area contributed by atoms with Crippen LogP contribution in [0.1, 0.15) is 19.3 Å². The Morgan fingerprint density at radius 2 is 1.92 bits per heavy atom. The molecule has 0 spiro atoms. The van der Waals surface area contributed by atoms with E-state index in [-0.39, 0.29) is 24.2 Å². The Kier molecular flexibility index (Phi) is 7.05. The summed E-state index contributed by atoms with van der Waals surface area (Å²) in [6.07, 6.45) is 2.11. The van der Waals surface area contributed by atoms with Crippen molar-refractivity contribution in [3.05, 3.63) is 34.4 Å². The van der Waals surface area contributed by atoms with Crippen LogP contribution in [0.25, 0.3) is 0 Å². The van der Waals surface area contributed by atoms with Crippen molar-refractivity contribution in [2.45, 2.75) is 25.3 Å². The van der Waals surface area contributed by atoms with Gasteiger partial charge in [-0.25, -0.2) is 0 Å². The van der Waals surface area contributed by atoms with Gasteiger partial charge in [0.1, 0.15) is 0 Å². The van der Waals surface area contributed by atoms with E-state index in [2.05, 4.69) is 10.2 Å². The molecule has 1 aliphatic heterocycles. The second-order valence-electron chi connectivity index (χ2n) is 6.48. The topological polar surface area (TPSA) is 116 Å². The number of nitrogens with one attached hydrogen (secondary N) is 1. The molecule has 1 aromatic carbocycles. The number of non-ortho nitro benzene ring substituents is 1. The summed E-state index contributed by atoms with van der Waals surface area (Å²) in [5.41, 5.74) is 0.522. The van der Waals surface area contributed by atoms with Crippen molar-refractivity contribution in [1.29, 1.82) is 0 Å². The standard InChI is InChI=1S/C17H24N4O5/c1-19(12-17(23)24)14-6-9-20(10-7-14)11-8-16(22)18-13-2-4-15(5-3-13)21(25)26/h2-5,14H,6-12H2,1H3,(H,18,22)(H,23,24). The van der Waals surface area contributed by atoms with E-state index in [0.29, 0.717) is 18.7 Å². The Balaban J connectivity index is 1.70. The number of rotatable bonds is 8. The third-order valence-corrected chi connectivity index (χ3v) is 4.58. The molecule has 0 atom stereocenters. The summed E-state index contributed by atoms with van der Waals surface area (Å²) in [6.45, 7) is 2.34. The van der Waals surface area contributed by atoms with Crippen molar-refractivity contribution in [3.63, 3.8) is 0 Å². The first-order valence-corrected chi connectivity index (χ1v) is 8.54. The monoisotopic (exact) mass is 364 g/mol. The number of benzene rings is 1.